The van der Waals surface area contributed by atoms with E-state index >= 15 is 0 Å². The van der Waals surface area contributed by atoms with Crippen molar-refractivity contribution in [3.05, 3.63) is 83.5 Å². The predicted molar refractivity (Wildman–Crippen MR) is 262 cm³/mol. The Balaban J connectivity index is 1.84. The van der Waals surface area contributed by atoms with E-state index in [-0.39, 0.29) is 18.7 Å². The summed E-state index contributed by atoms with van der Waals surface area (Å²) in [5.74, 6) is -0.659. The molecule has 2 rings (SSSR count). The van der Waals surface area contributed by atoms with Gasteiger partial charge >= 0.3 is 33.3 Å². The number of aliphatic hydroxyl groups excluding tert-OH is 3. The number of phosphoric acid groups is 2. The Morgan fingerprint density at radius 2 is 1.42 bits per heavy atom. The number of nitrogen functional groups attached to an aromatic ring is 1. The molecule has 1 saturated heterocycles. The molecule has 392 valence electrons. The highest BCUT2D eigenvalue weighted by Gasteiger charge is 2.46. The molecule has 8 atom stereocenters. The summed E-state index contributed by atoms with van der Waals surface area (Å²) in [5, 5.41) is 30.7. The number of phosphoric ester groups is 2. The van der Waals surface area contributed by atoms with E-state index in [4.69, 9.17) is 29.0 Å². The molecule has 19 nitrogen and oxygen atoms in total. The van der Waals surface area contributed by atoms with E-state index in [0.717, 1.165) is 55.2 Å². The molecule has 0 aliphatic carbocycles. The molecule has 0 bridgehead atoms. The van der Waals surface area contributed by atoms with Crippen molar-refractivity contribution in [2.75, 3.05) is 25.6 Å². The van der Waals surface area contributed by atoms with Crippen LogP contribution in [0.2, 0.25) is 0 Å². The minimum absolute atomic E-state index is 0.0279. The first-order valence-electron chi connectivity index (χ1n) is 24.3. The van der Waals surface area contributed by atoms with Crippen molar-refractivity contribution >= 4 is 33.4 Å². The SMILES string of the molecule is CC/C=C\C(O)C/C=C/C=C\C/C=C\C/C=C\CCCC(=O)OC[C@H](COP(=O)(O)OP(=O)(O)OC[C@H]1O[C@@H](n2ccc(N)nc2=O)[C@H](O)[C@@H]1O)OC(=O)CCCCCCCCCCCCC(C)C. The Morgan fingerprint density at radius 3 is 2.09 bits per heavy atom. The molecule has 0 aromatic carbocycles. The van der Waals surface area contributed by atoms with Crippen molar-refractivity contribution < 1.29 is 71.4 Å². The van der Waals surface area contributed by atoms with Gasteiger partial charge in [-0.3, -0.25) is 23.2 Å². The summed E-state index contributed by atoms with van der Waals surface area (Å²) in [7, 11) is -10.9. The molecular weight excluding hydrogens is 936 g/mol. The summed E-state index contributed by atoms with van der Waals surface area (Å²) in [4.78, 5) is 61.8. The van der Waals surface area contributed by atoms with Crippen LogP contribution in [0.3, 0.4) is 0 Å². The number of nitrogens with two attached hydrogens (primary N) is 1. The maximum atomic E-state index is 12.8. The van der Waals surface area contributed by atoms with Crippen molar-refractivity contribution in [2.24, 2.45) is 5.92 Å². The number of rotatable bonds is 38. The number of aliphatic hydroxyl groups is 3. The van der Waals surface area contributed by atoms with E-state index in [1.54, 1.807) is 6.08 Å². The second-order valence-corrected chi connectivity index (χ2v) is 20.3. The van der Waals surface area contributed by atoms with E-state index < -0.39 is 89.8 Å². The van der Waals surface area contributed by atoms with Gasteiger partial charge in [0.05, 0.1) is 19.3 Å². The van der Waals surface area contributed by atoms with Gasteiger partial charge in [-0.25, -0.2) is 13.9 Å². The maximum Gasteiger partial charge on any atom is 0.481 e. The van der Waals surface area contributed by atoms with Gasteiger partial charge in [-0.1, -0.05) is 146 Å². The fourth-order valence-electron chi connectivity index (χ4n) is 6.85. The molecule has 21 heteroatoms. The second-order valence-electron chi connectivity index (χ2n) is 17.3. The molecule has 1 aromatic rings. The first-order valence-corrected chi connectivity index (χ1v) is 27.3. The lowest BCUT2D eigenvalue weighted by Crippen LogP contribution is -2.36. The highest BCUT2D eigenvalue weighted by Crippen LogP contribution is 2.60. The van der Waals surface area contributed by atoms with Gasteiger partial charge in [-0.05, 0) is 56.9 Å². The van der Waals surface area contributed by atoms with E-state index in [1.807, 2.05) is 61.6 Å². The van der Waals surface area contributed by atoms with Crippen LogP contribution in [0, 0.1) is 5.92 Å². The fraction of sp³-hybridized carbons (Fsp3) is 0.667. The quantitative estimate of drug-likeness (QED) is 0.0119. The van der Waals surface area contributed by atoms with Crippen LogP contribution in [-0.2, 0) is 46.3 Å². The number of hydrogen-bond acceptors (Lipinski definition) is 16. The molecule has 1 fully saturated rings. The zero-order chi connectivity index (χ0) is 50.9. The number of esters is 2. The summed E-state index contributed by atoms with van der Waals surface area (Å²) < 4.78 is 56.6. The van der Waals surface area contributed by atoms with Crippen molar-refractivity contribution in [2.45, 2.75) is 180 Å². The van der Waals surface area contributed by atoms with Gasteiger partial charge in [-0.15, -0.1) is 0 Å². The Hall–Kier alpha value is -3.58. The van der Waals surface area contributed by atoms with Crippen molar-refractivity contribution in [3.63, 3.8) is 0 Å². The minimum Gasteiger partial charge on any atom is -0.462 e. The van der Waals surface area contributed by atoms with E-state index in [1.165, 1.54) is 44.6 Å². The lowest BCUT2D eigenvalue weighted by atomic mass is 10.0. The molecule has 69 heavy (non-hydrogen) atoms. The number of anilines is 1. The molecular formula is C48H79N3O16P2. The van der Waals surface area contributed by atoms with Crippen molar-refractivity contribution in [1.29, 1.82) is 0 Å². The third-order valence-corrected chi connectivity index (χ3v) is 13.2. The smallest absolute Gasteiger partial charge is 0.462 e. The number of ether oxygens (including phenoxy) is 3. The largest absolute Gasteiger partial charge is 0.481 e. The van der Waals surface area contributed by atoms with Gasteiger partial charge in [0.15, 0.2) is 12.3 Å². The average Bonchev–Trinajstić information content (AvgIpc) is 3.57. The van der Waals surface area contributed by atoms with Gasteiger partial charge in [0.1, 0.15) is 30.7 Å². The van der Waals surface area contributed by atoms with Crippen LogP contribution in [0.5, 0.6) is 0 Å². The Morgan fingerprint density at radius 1 is 0.812 bits per heavy atom. The Bertz CT molecular complexity index is 1920. The van der Waals surface area contributed by atoms with Gasteiger partial charge in [0.2, 0.25) is 0 Å². The zero-order valence-electron chi connectivity index (χ0n) is 40.6. The maximum absolute atomic E-state index is 12.8. The molecule has 0 amide bonds. The van der Waals surface area contributed by atoms with Crippen LogP contribution < -0.4 is 11.4 Å². The van der Waals surface area contributed by atoms with Gasteiger partial charge in [-0.2, -0.15) is 9.29 Å². The standard InChI is InChI=1S/C48H79N3O16P2/c1-4-5-29-39(52)30-25-21-17-13-8-6-7-9-14-18-22-26-31-43(53)62-35-40(65-44(54)32-27-23-19-15-11-10-12-16-20-24-28-38(2)3)36-63-68(58,59)67-69(60,61)64-37-41-45(55)46(56)47(66-41)51-34-33-42(49)50-48(51)57/h5-7,13-14,17-18,21,25,29,33-34,38-41,45-47,52,55-56H,4,8-12,15-16,19-20,22-24,26-28,30-32,35-37H2,1-3H3,(H,58,59)(H,60,61)(H2,49,50,57)/b7-6-,17-13-,18-14-,25-21+,29-5-/t39?,40-,41-,45-,46-,47-/m1/s1. The third-order valence-electron chi connectivity index (χ3n) is 10.6. The topological polar surface area (TPSA) is 286 Å². The minimum atomic E-state index is -5.44. The molecule has 7 N–H and O–H groups in total. The number of aromatic nitrogens is 2. The molecule has 0 radical (unpaired) electrons. The molecule has 1 aromatic heterocycles. The number of hydrogen-bond donors (Lipinski definition) is 6. The monoisotopic (exact) mass is 1020 g/mol. The second kappa shape index (κ2) is 35.5. The summed E-state index contributed by atoms with van der Waals surface area (Å²) in [6.07, 6.45) is 28.2. The van der Waals surface area contributed by atoms with Crippen LogP contribution >= 0.6 is 15.6 Å². The van der Waals surface area contributed by atoms with Gasteiger partial charge < -0.3 is 45.1 Å². The molecule has 0 spiro atoms. The fourth-order valence-corrected chi connectivity index (χ4v) is 8.96. The van der Waals surface area contributed by atoms with Crippen LogP contribution in [-0.4, -0.2) is 96.9 Å². The molecule has 1 aliphatic heterocycles. The molecule has 2 heterocycles. The van der Waals surface area contributed by atoms with E-state index in [2.05, 4.69) is 23.1 Å². The van der Waals surface area contributed by atoms with Crippen LogP contribution in [0.25, 0.3) is 0 Å². The summed E-state index contributed by atoms with van der Waals surface area (Å²) in [5.41, 5.74) is 4.57. The summed E-state index contributed by atoms with van der Waals surface area (Å²) in [6, 6.07) is 1.24. The van der Waals surface area contributed by atoms with Crippen LogP contribution in [0.4, 0.5) is 5.82 Å². The highest BCUT2D eigenvalue weighted by molar-refractivity contribution is 7.61. The van der Waals surface area contributed by atoms with Gasteiger partial charge in [0.25, 0.3) is 0 Å². The molecule has 3 unspecified atom stereocenters. The van der Waals surface area contributed by atoms with Gasteiger partial charge in [0, 0.05) is 19.0 Å². The number of carbonyl (C=O) groups is 2. The van der Waals surface area contributed by atoms with Crippen LogP contribution in [0.1, 0.15) is 149 Å². The third kappa shape index (κ3) is 29.4. The lowest BCUT2D eigenvalue weighted by molar-refractivity contribution is -0.161. The highest BCUT2D eigenvalue weighted by atomic mass is 31.3. The summed E-state index contributed by atoms with van der Waals surface area (Å²) >= 11 is 0. The van der Waals surface area contributed by atoms with Crippen LogP contribution in [0.15, 0.2) is 77.8 Å². The summed E-state index contributed by atoms with van der Waals surface area (Å²) in [6.45, 7) is 4.11. The normalized spacial score (nSPS) is 20.4. The van der Waals surface area contributed by atoms with E-state index in [9.17, 15) is 48.6 Å². The first-order chi connectivity index (χ1) is 32.9. The predicted octanol–water partition coefficient (Wildman–Crippen LogP) is 8.38. The number of unbranched alkanes of at least 4 members (excludes halogenated alkanes) is 10. The lowest BCUT2D eigenvalue weighted by Gasteiger charge is -2.21. The Labute approximate surface area is 407 Å². The van der Waals surface area contributed by atoms with E-state index in [0.29, 0.717) is 32.1 Å². The number of nitrogens with zero attached hydrogens (tertiary/aromatic N) is 2. The number of carbonyl (C=O) groups excluding carboxylic acids is 2. The average molecular weight is 1020 g/mol. The van der Waals surface area contributed by atoms with Crippen molar-refractivity contribution in [1.82, 2.24) is 9.55 Å². The molecule has 1 aliphatic rings. The first kappa shape index (κ1) is 61.5. The Kier molecular flexibility index (Phi) is 31.7. The number of allylic oxidation sites excluding steroid dienone is 8. The zero-order valence-corrected chi connectivity index (χ0v) is 42.4. The molecule has 0 saturated carbocycles. The van der Waals surface area contributed by atoms with Crippen molar-refractivity contribution in [3.8, 4) is 0 Å².